The number of oxime groups is 1. The normalized spacial score (nSPS) is 12.8. The Morgan fingerprint density at radius 1 is 1.40 bits per heavy atom. The monoisotopic (exact) mass is 290 g/mol. The van der Waals surface area contributed by atoms with E-state index in [1.165, 1.54) is 6.07 Å². The van der Waals surface area contributed by atoms with Crippen LogP contribution in [0.4, 0.5) is 13.2 Å². The molecule has 0 amide bonds. The lowest BCUT2D eigenvalue weighted by Crippen LogP contribution is -2.20. The van der Waals surface area contributed by atoms with Crippen LogP contribution in [0.3, 0.4) is 0 Å². The summed E-state index contributed by atoms with van der Waals surface area (Å²) in [4.78, 5) is 0. The number of halogens is 3. The largest absolute Gasteiger partial charge is 0.494 e. The summed E-state index contributed by atoms with van der Waals surface area (Å²) >= 11 is 0. The molecular formula is C13H17F3N2O2. The Morgan fingerprint density at radius 2 is 2.05 bits per heavy atom. The van der Waals surface area contributed by atoms with Gasteiger partial charge in [0.05, 0.1) is 12.2 Å². The Balaban J connectivity index is 3.03. The summed E-state index contributed by atoms with van der Waals surface area (Å²) in [6, 6.07) is 3.35. The Morgan fingerprint density at radius 3 is 2.55 bits per heavy atom. The van der Waals surface area contributed by atoms with Gasteiger partial charge in [-0.3, -0.25) is 0 Å². The molecule has 7 heteroatoms. The third kappa shape index (κ3) is 4.32. The molecule has 0 saturated heterocycles. The lowest BCUT2D eigenvalue weighted by atomic mass is 10.1. The van der Waals surface area contributed by atoms with E-state index >= 15 is 0 Å². The molecule has 0 atom stereocenters. The second kappa shape index (κ2) is 6.49. The lowest BCUT2D eigenvalue weighted by Gasteiger charge is -2.14. The molecule has 0 aliphatic carbocycles. The van der Waals surface area contributed by atoms with Crippen molar-refractivity contribution in [3.63, 3.8) is 0 Å². The van der Waals surface area contributed by atoms with Gasteiger partial charge < -0.3 is 15.7 Å². The van der Waals surface area contributed by atoms with E-state index in [0.29, 0.717) is 12.5 Å². The van der Waals surface area contributed by atoms with Gasteiger partial charge in [0.25, 0.3) is 0 Å². The van der Waals surface area contributed by atoms with E-state index in [4.69, 9.17) is 15.7 Å². The molecule has 0 saturated carbocycles. The number of nitrogens with zero attached hydrogens (tertiary/aromatic N) is 1. The van der Waals surface area contributed by atoms with Crippen molar-refractivity contribution in [1.29, 1.82) is 0 Å². The van der Waals surface area contributed by atoms with Gasteiger partial charge in [-0.15, -0.1) is 0 Å². The number of nitrogens with two attached hydrogens (primary N) is 1. The third-order valence-electron chi connectivity index (χ3n) is 2.64. The molecule has 0 aromatic heterocycles. The number of benzene rings is 1. The molecule has 0 radical (unpaired) electrons. The van der Waals surface area contributed by atoms with Crippen LogP contribution in [-0.2, 0) is 6.18 Å². The third-order valence-corrected chi connectivity index (χ3v) is 2.64. The summed E-state index contributed by atoms with van der Waals surface area (Å²) in [5.74, 6) is -0.0907. The topological polar surface area (TPSA) is 67.8 Å². The van der Waals surface area contributed by atoms with E-state index in [2.05, 4.69) is 5.16 Å². The predicted octanol–water partition coefficient (Wildman–Crippen LogP) is 3.22. The summed E-state index contributed by atoms with van der Waals surface area (Å²) < 4.78 is 44.1. The lowest BCUT2D eigenvalue weighted by molar-refractivity contribution is -0.137. The molecule has 0 spiro atoms. The molecular weight excluding hydrogens is 273 g/mol. The second-order valence-corrected chi connectivity index (χ2v) is 4.72. The van der Waals surface area contributed by atoms with Crippen molar-refractivity contribution in [2.45, 2.75) is 26.4 Å². The zero-order valence-electron chi connectivity index (χ0n) is 11.2. The molecule has 0 bridgehead atoms. The highest BCUT2D eigenvalue weighted by molar-refractivity contribution is 5.98. The fourth-order valence-electron chi connectivity index (χ4n) is 1.54. The van der Waals surface area contributed by atoms with Crippen molar-refractivity contribution in [3.05, 3.63) is 29.3 Å². The molecule has 1 aromatic carbocycles. The summed E-state index contributed by atoms with van der Waals surface area (Å²) in [6.45, 7) is 4.32. The molecule has 0 fully saturated rings. The second-order valence-electron chi connectivity index (χ2n) is 4.72. The Hall–Kier alpha value is -1.92. The van der Waals surface area contributed by atoms with Crippen LogP contribution in [0.15, 0.2) is 23.4 Å². The highest BCUT2D eigenvalue weighted by Crippen LogP contribution is 2.34. The average molecular weight is 290 g/mol. The molecule has 0 aliphatic heterocycles. The number of ether oxygens (including phenoxy) is 1. The van der Waals surface area contributed by atoms with Gasteiger partial charge in [0.2, 0.25) is 0 Å². The molecule has 0 unspecified atom stereocenters. The van der Waals surface area contributed by atoms with Crippen molar-refractivity contribution < 1.29 is 23.1 Å². The number of hydrogen-bond donors (Lipinski definition) is 2. The molecule has 112 valence electrons. The van der Waals surface area contributed by atoms with Crippen molar-refractivity contribution in [2.24, 2.45) is 16.8 Å². The van der Waals surface area contributed by atoms with Crippen LogP contribution in [0.2, 0.25) is 0 Å². The highest BCUT2D eigenvalue weighted by atomic mass is 19.4. The van der Waals surface area contributed by atoms with Gasteiger partial charge in [0, 0.05) is 5.56 Å². The maximum Gasteiger partial charge on any atom is 0.417 e. The quantitative estimate of drug-likeness (QED) is 0.378. The fraction of sp³-hybridized carbons (Fsp3) is 0.462. The van der Waals surface area contributed by atoms with Crippen LogP contribution < -0.4 is 10.5 Å². The first kappa shape index (κ1) is 16.1. The minimum absolute atomic E-state index is 0.104. The van der Waals surface area contributed by atoms with Crippen molar-refractivity contribution in [2.75, 3.05) is 6.61 Å². The highest BCUT2D eigenvalue weighted by Gasteiger charge is 2.35. The van der Waals surface area contributed by atoms with Crippen LogP contribution in [0.5, 0.6) is 5.75 Å². The maximum absolute atomic E-state index is 12.9. The molecule has 20 heavy (non-hydrogen) atoms. The minimum Gasteiger partial charge on any atom is -0.494 e. The fourth-order valence-corrected chi connectivity index (χ4v) is 1.54. The van der Waals surface area contributed by atoms with E-state index in [1.807, 2.05) is 13.8 Å². The maximum atomic E-state index is 12.9. The average Bonchev–Trinajstić information content (AvgIpc) is 2.36. The van der Waals surface area contributed by atoms with Crippen LogP contribution in [0, 0.1) is 5.92 Å². The summed E-state index contributed by atoms with van der Waals surface area (Å²) in [6.07, 6.45) is -3.87. The summed E-state index contributed by atoms with van der Waals surface area (Å²) in [5, 5.41) is 11.1. The van der Waals surface area contributed by atoms with Gasteiger partial charge in [-0.05, 0) is 30.5 Å². The number of hydrogen-bond acceptors (Lipinski definition) is 3. The van der Waals surface area contributed by atoms with Crippen LogP contribution >= 0.6 is 0 Å². The van der Waals surface area contributed by atoms with Gasteiger partial charge >= 0.3 is 6.18 Å². The summed E-state index contributed by atoms with van der Waals surface area (Å²) in [7, 11) is 0. The summed E-state index contributed by atoms with van der Waals surface area (Å²) in [5.41, 5.74) is 3.87. The van der Waals surface area contributed by atoms with Gasteiger partial charge in [-0.2, -0.15) is 13.2 Å². The van der Waals surface area contributed by atoms with Crippen LogP contribution in [-0.4, -0.2) is 17.6 Å². The molecule has 1 aromatic rings. The molecule has 0 heterocycles. The van der Waals surface area contributed by atoms with E-state index in [9.17, 15) is 13.2 Å². The molecule has 1 rings (SSSR count). The number of rotatable bonds is 5. The predicted molar refractivity (Wildman–Crippen MR) is 68.9 cm³/mol. The Kier molecular flexibility index (Phi) is 5.24. The van der Waals surface area contributed by atoms with E-state index < -0.39 is 17.6 Å². The van der Waals surface area contributed by atoms with Crippen molar-refractivity contribution in [3.8, 4) is 5.75 Å². The molecule has 0 aliphatic rings. The van der Waals surface area contributed by atoms with Gasteiger partial charge in [0.15, 0.2) is 5.84 Å². The van der Waals surface area contributed by atoms with E-state index in [0.717, 1.165) is 18.6 Å². The Labute approximate surface area is 115 Å². The smallest absolute Gasteiger partial charge is 0.417 e. The van der Waals surface area contributed by atoms with Crippen molar-refractivity contribution >= 4 is 5.84 Å². The van der Waals surface area contributed by atoms with E-state index in [-0.39, 0.29) is 11.3 Å². The van der Waals surface area contributed by atoms with E-state index in [1.54, 1.807) is 0 Å². The van der Waals surface area contributed by atoms with Gasteiger partial charge in [-0.25, -0.2) is 0 Å². The number of alkyl halides is 3. The Bertz CT molecular complexity index is 485. The zero-order valence-corrected chi connectivity index (χ0v) is 11.2. The van der Waals surface area contributed by atoms with Crippen LogP contribution in [0.25, 0.3) is 0 Å². The zero-order chi connectivity index (χ0) is 15.3. The first-order chi connectivity index (χ1) is 9.25. The molecule has 3 N–H and O–H groups in total. The molecule has 4 nitrogen and oxygen atoms in total. The first-order valence-electron chi connectivity index (χ1n) is 6.07. The minimum atomic E-state index is -4.61. The SMILES string of the molecule is CC(C)CCOc1ccc(/C(N)=N/O)c(C(F)(F)F)c1. The standard InChI is InChI=1S/C13H17F3N2O2/c1-8(2)5-6-20-9-3-4-10(12(17)18-19)11(7-9)13(14,15)16/h3-4,7-8,19H,5-6H2,1-2H3,(H2,17,18). The van der Waals surface area contributed by atoms with Gasteiger partial charge in [0.1, 0.15) is 5.75 Å². The first-order valence-corrected chi connectivity index (χ1v) is 6.07. The van der Waals surface area contributed by atoms with Crippen LogP contribution in [0.1, 0.15) is 31.4 Å². The van der Waals surface area contributed by atoms with Gasteiger partial charge in [-0.1, -0.05) is 19.0 Å². The number of amidine groups is 1. The van der Waals surface area contributed by atoms with Crippen molar-refractivity contribution in [1.82, 2.24) is 0 Å².